The van der Waals surface area contributed by atoms with Crippen LogP contribution in [0, 0.1) is 34.5 Å². The van der Waals surface area contributed by atoms with Crippen molar-refractivity contribution in [2.24, 2.45) is 34.5 Å². The Balaban J connectivity index is 1.45. The van der Waals surface area contributed by atoms with Gasteiger partial charge >= 0.3 is 0 Å². The summed E-state index contributed by atoms with van der Waals surface area (Å²) in [6, 6.07) is 0. The van der Waals surface area contributed by atoms with Crippen LogP contribution < -0.4 is 0 Å². The Labute approximate surface area is 188 Å². The summed E-state index contributed by atoms with van der Waals surface area (Å²) in [5.74, 6) is 2.63. The van der Waals surface area contributed by atoms with Crippen LogP contribution in [0.4, 0.5) is 0 Å². The van der Waals surface area contributed by atoms with Crippen LogP contribution in [0.5, 0.6) is 0 Å². The first-order valence-electron chi connectivity index (χ1n) is 13.0. The molecule has 4 aliphatic carbocycles. The highest BCUT2D eigenvalue weighted by molar-refractivity contribution is 5.47. The summed E-state index contributed by atoms with van der Waals surface area (Å²) in [7, 11) is 0. The van der Waals surface area contributed by atoms with E-state index in [4.69, 9.17) is 4.74 Å². The van der Waals surface area contributed by atoms with Crippen molar-refractivity contribution >= 4 is 0 Å². The van der Waals surface area contributed by atoms with Gasteiger partial charge in [0, 0.05) is 11.8 Å². The molecule has 3 N–H and O–H groups in total. The Morgan fingerprint density at radius 1 is 1.06 bits per heavy atom. The van der Waals surface area contributed by atoms with Gasteiger partial charge in [-0.25, -0.2) is 0 Å². The zero-order chi connectivity index (χ0) is 22.4. The van der Waals surface area contributed by atoms with Gasteiger partial charge in [-0.1, -0.05) is 60.0 Å². The van der Waals surface area contributed by atoms with Crippen LogP contribution in [0.25, 0.3) is 0 Å². The molecule has 5 aliphatic rings. The molecule has 0 aromatic heterocycles. The summed E-state index contributed by atoms with van der Waals surface area (Å²) in [5, 5.41) is 33.1. The molecule has 31 heavy (non-hydrogen) atoms. The molecule has 5 rings (SSSR count). The molecule has 1 spiro atoms. The molecule has 4 nitrogen and oxygen atoms in total. The van der Waals surface area contributed by atoms with Crippen molar-refractivity contribution in [1.82, 2.24) is 0 Å². The highest BCUT2D eigenvalue weighted by atomic mass is 16.6. The first-order chi connectivity index (χ1) is 14.5. The van der Waals surface area contributed by atoms with Crippen LogP contribution in [0.1, 0.15) is 92.4 Å². The van der Waals surface area contributed by atoms with Crippen LogP contribution in [-0.4, -0.2) is 44.8 Å². The molecule has 3 saturated carbocycles. The monoisotopic (exact) mass is 432 g/mol. The summed E-state index contributed by atoms with van der Waals surface area (Å²) >= 11 is 0. The third-order valence-corrected chi connectivity index (χ3v) is 10.8. The molecule has 1 aliphatic heterocycles. The standard InChI is InChI=1S/C27H44O4/c1-16(2)7-6-8-17(3)19-9-10-20-21-13-22(29)26(30)14-18(28)11-12-25(26,5)27(21)23(31-27)15-24(19,20)4/h13,16-20,22-23,28-30H,6-12,14-15H2,1-5H3/t17?,18-,19+,20-,22+,23+,24+,25-,26-,27-/m0/s1. The zero-order valence-corrected chi connectivity index (χ0v) is 20.2. The summed E-state index contributed by atoms with van der Waals surface area (Å²) in [4.78, 5) is 0. The third-order valence-electron chi connectivity index (χ3n) is 10.8. The van der Waals surface area contributed by atoms with Crippen molar-refractivity contribution in [2.45, 2.75) is 122 Å². The summed E-state index contributed by atoms with van der Waals surface area (Å²) < 4.78 is 6.61. The fraction of sp³-hybridized carbons (Fsp3) is 0.926. The van der Waals surface area contributed by atoms with E-state index in [2.05, 4.69) is 34.6 Å². The van der Waals surface area contributed by atoms with E-state index in [-0.39, 0.29) is 17.9 Å². The first-order valence-corrected chi connectivity index (χ1v) is 13.0. The molecule has 10 atom stereocenters. The number of epoxide rings is 1. The second-order valence-corrected chi connectivity index (χ2v) is 12.8. The molecule has 176 valence electrons. The lowest BCUT2D eigenvalue weighted by Crippen LogP contribution is -2.69. The molecule has 0 aromatic rings. The topological polar surface area (TPSA) is 73.2 Å². The quantitative estimate of drug-likeness (QED) is 0.438. The number of fused-ring (bicyclic) bond motifs is 3. The highest BCUT2D eigenvalue weighted by Gasteiger charge is 2.82. The van der Waals surface area contributed by atoms with E-state index < -0.39 is 28.8 Å². The van der Waals surface area contributed by atoms with E-state index >= 15 is 0 Å². The van der Waals surface area contributed by atoms with Crippen LogP contribution >= 0.6 is 0 Å². The lowest BCUT2D eigenvalue weighted by Gasteiger charge is -2.60. The molecule has 1 heterocycles. The smallest absolute Gasteiger partial charge is 0.124 e. The van der Waals surface area contributed by atoms with Gasteiger partial charge < -0.3 is 20.1 Å². The number of aliphatic hydroxyl groups is 3. The van der Waals surface area contributed by atoms with E-state index in [0.29, 0.717) is 30.6 Å². The van der Waals surface area contributed by atoms with Gasteiger partial charge in [0.05, 0.1) is 12.2 Å². The van der Waals surface area contributed by atoms with Gasteiger partial charge in [-0.2, -0.15) is 0 Å². The summed E-state index contributed by atoms with van der Waals surface area (Å²) in [6.07, 6.45) is 9.68. The van der Waals surface area contributed by atoms with Gasteiger partial charge in [-0.05, 0) is 66.8 Å². The Morgan fingerprint density at radius 3 is 2.52 bits per heavy atom. The minimum atomic E-state index is -1.31. The lowest BCUT2D eigenvalue weighted by atomic mass is 9.45. The lowest BCUT2D eigenvalue weighted by molar-refractivity contribution is -0.210. The van der Waals surface area contributed by atoms with Gasteiger partial charge in [0.15, 0.2) is 0 Å². The second kappa shape index (κ2) is 7.04. The SMILES string of the molecule is CC(C)CCCC(C)[C@H]1CC[C@H]2C3=C[C@@H](O)[C@@]4(O)C[C@@H](O)CC[C@]4(C)[C@]34O[C@@H]4C[C@]12C. The molecule has 0 bridgehead atoms. The van der Waals surface area contributed by atoms with Gasteiger partial charge in [-0.15, -0.1) is 0 Å². The predicted molar refractivity (Wildman–Crippen MR) is 121 cm³/mol. The first kappa shape index (κ1) is 22.4. The maximum absolute atomic E-state index is 11.7. The molecule has 4 heteroatoms. The molecule has 0 radical (unpaired) electrons. The highest BCUT2D eigenvalue weighted by Crippen LogP contribution is 2.76. The van der Waals surface area contributed by atoms with Crippen LogP contribution in [0.2, 0.25) is 0 Å². The normalized spacial score (nSPS) is 53.8. The zero-order valence-electron chi connectivity index (χ0n) is 20.2. The fourth-order valence-corrected chi connectivity index (χ4v) is 9.00. The maximum Gasteiger partial charge on any atom is 0.124 e. The van der Waals surface area contributed by atoms with E-state index in [9.17, 15) is 15.3 Å². The van der Waals surface area contributed by atoms with E-state index in [1.807, 2.05) is 6.08 Å². The summed E-state index contributed by atoms with van der Waals surface area (Å²) in [5.41, 5.74) is -0.762. The van der Waals surface area contributed by atoms with Crippen molar-refractivity contribution in [1.29, 1.82) is 0 Å². The number of ether oxygens (including phenoxy) is 1. The fourth-order valence-electron chi connectivity index (χ4n) is 9.00. The molecule has 4 fully saturated rings. The van der Waals surface area contributed by atoms with Gasteiger partial charge in [0.2, 0.25) is 0 Å². The number of aliphatic hydroxyl groups excluding tert-OH is 2. The van der Waals surface area contributed by atoms with E-state index in [0.717, 1.165) is 12.3 Å². The molecule has 1 unspecified atom stereocenters. The Kier molecular flexibility index (Phi) is 5.08. The van der Waals surface area contributed by atoms with Crippen molar-refractivity contribution in [2.75, 3.05) is 0 Å². The molecular formula is C27H44O4. The number of hydrogen-bond acceptors (Lipinski definition) is 4. The molecule has 0 amide bonds. The van der Waals surface area contributed by atoms with Gasteiger partial charge in [0.1, 0.15) is 17.3 Å². The van der Waals surface area contributed by atoms with Crippen molar-refractivity contribution in [3.63, 3.8) is 0 Å². The largest absolute Gasteiger partial charge is 0.393 e. The number of hydrogen-bond donors (Lipinski definition) is 3. The second-order valence-electron chi connectivity index (χ2n) is 12.8. The maximum atomic E-state index is 11.7. The third kappa shape index (κ3) is 2.80. The van der Waals surface area contributed by atoms with Gasteiger partial charge in [0.25, 0.3) is 0 Å². The van der Waals surface area contributed by atoms with Crippen molar-refractivity contribution < 1.29 is 20.1 Å². The molecular weight excluding hydrogens is 388 g/mol. The van der Waals surface area contributed by atoms with Gasteiger partial charge in [-0.3, -0.25) is 0 Å². The van der Waals surface area contributed by atoms with E-state index in [1.165, 1.54) is 37.7 Å². The number of rotatable bonds is 5. The predicted octanol–water partition coefficient (Wildman–Crippen LogP) is 4.61. The summed E-state index contributed by atoms with van der Waals surface area (Å²) in [6.45, 7) is 11.7. The minimum absolute atomic E-state index is 0.141. The van der Waals surface area contributed by atoms with Crippen LogP contribution in [-0.2, 0) is 4.74 Å². The minimum Gasteiger partial charge on any atom is -0.393 e. The molecule has 1 saturated heterocycles. The average Bonchev–Trinajstić information content (AvgIpc) is 3.30. The molecule has 0 aromatic carbocycles. The average molecular weight is 433 g/mol. The van der Waals surface area contributed by atoms with Crippen molar-refractivity contribution in [3.05, 3.63) is 11.6 Å². The van der Waals surface area contributed by atoms with Crippen LogP contribution in [0.3, 0.4) is 0 Å². The Morgan fingerprint density at radius 2 is 1.81 bits per heavy atom. The Hall–Kier alpha value is -0.420. The van der Waals surface area contributed by atoms with Crippen molar-refractivity contribution in [3.8, 4) is 0 Å². The van der Waals surface area contributed by atoms with E-state index in [1.54, 1.807) is 0 Å². The van der Waals surface area contributed by atoms with Crippen LogP contribution in [0.15, 0.2) is 11.6 Å². The Bertz CT molecular complexity index is 762.